The number of pyridine rings is 1. The molecular formula is C16H17ClN2. The van der Waals surface area contributed by atoms with Crippen molar-refractivity contribution < 1.29 is 0 Å². The van der Waals surface area contributed by atoms with E-state index < -0.39 is 0 Å². The van der Waals surface area contributed by atoms with Gasteiger partial charge in [0.15, 0.2) is 0 Å². The molecule has 0 bridgehead atoms. The van der Waals surface area contributed by atoms with Crippen LogP contribution in [0.3, 0.4) is 0 Å². The first-order valence-electron chi connectivity index (χ1n) is 6.65. The van der Waals surface area contributed by atoms with Gasteiger partial charge in [0, 0.05) is 12.2 Å². The van der Waals surface area contributed by atoms with Gasteiger partial charge < -0.3 is 5.32 Å². The van der Waals surface area contributed by atoms with E-state index in [0.717, 1.165) is 23.6 Å². The minimum absolute atomic E-state index is 0.506. The van der Waals surface area contributed by atoms with Crippen LogP contribution in [-0.2, 0) is 0 Å². The topological polar surface area (TPSA) is 24.9 Å². The normalized spacial score (nSPS) is 21.8. The molecule has 0 aliphatic heterocycles. The number of hydrogen-bond donors (Lipinski definition) is 1. The lowest BCUT2D eigenvalue weighted by Gasteiger charge is -2.37. The standard InChI is InChI=1S/C16H17ClN2/c1-11-4-2-3-5-14(11)12-8-13(9-12)19-16-10-18-7-6-15(16)17/h2-7,10,12-13,19H,8-9H2,1H3. The average Bonchev–Trinajstić information content (AvgIpc) is 2.37. The molecule has 1 aromatic heterocycles. The van der Waals surface area contributed by atoms with Crippen molar-refractivity contribution in [2.24, 2.45) is 0 Å². The smallest absolute Gasteiger partial charge is 0.0718 e. The SMILES string of the molecule is Cc1ccccc1C1CC(Nc2cnccc2Cl)C1. The summed E-state index contributed by atoms with van der Waals surface area (Å²) >= 11 is 6.13. The van der Waals surface area contributed by atoms with Crippen LogP contribution in [0, 0.1) is 6.92 Å². The van der Waals surface area contributed by atoms with Gasteiger partial charge in [0.1, 0.15) is 0 Å². The summed E-state index contributed by atoms with van der Waals surface area (Å²) in [7, 11) is 0. The molecule has 1 saturated carbocycles. The summed E-state index contributed by atoms with van der Waals surface area (Å²) in [6.07, 6.45) is 5.83. The van der Waals surface area contributed by atoms with E-state index in [9.17, 15) is 0 Å². The van der Waals surface area contributed by atoms with Crippen molar-refractivity contribution in [3.63, 3.8) is 0 Å². The van der Waals surface area contributed by atoms with Gasteiger partial charge in [0.2, 0.25) is 0 Å². The third-order valence-electron chi connectivity index (χ3n) is 3.89. The van der Waals surface area contributed by atoms with Gasteiger partial charge in [-0.2, -0.15) is 0 Å². The van der Waals surface area contributed by atoms with Gasteiger partial charge in [0.05, 0.1) is 16.9 Å². The van der Waals surface area contributed by atoms with E-state index >= 15 is 0 Å². The molecule has 1 aromatic carbocycles. The third kappa shape index (κ3) is 2.59. The van der Waals surface area contributed by atoms with E-state index in [4.69, 9.17) is 11.6 Å². The van der Waals surface area contributed by atoms with E-state index in [1.54, 1.807) is 12.4 Å². The Hall–Kier alpha value is -1.54. The molecule has 1 fully saturated rings. The van der Waals surface area contributed by atoms with Crippen LogP contribution in [0.1, 0.15) is 29.9 Å². The molecule has 1 heterocycles. The lowest BCUT2D eigenvalue weighted by atomic mass is 9.74. The number of anilines is 1. The maximum absolute atomic E-state index is 6.13. The Kier molecular flexibility index (Phi) is 3.43. The van der Waals surface area contributed by atoms with E-state index in [2.05, 4.69) is 41.5 Å². The zero-order valence-corrected chi connectivity index (χ0v) is 11.7. The predicted molar refractivity (Wildman–Crippen MR) is 79.8 cm³/mol. The van der Waals surface area contributed by atoms with Crippen molar-refractivity contribution in [2.75, 3.05) is 5.32 Å². The van der Waals surface area contributed by atoms with Gasteiger partial charge >= 0.3 is 0 Å². The van der Waals surface area contributed by atoms with E-state index in [0.29, 0.717) is 12.0 Å². The molecule has 0 amide bonds. The van der Waals surface area contributed by atoms with Crippen LogP contribution < -0.4 is 5.32 Å². The molecule has 0 radical (unpaired) electrons. The number of rotatable bonds is 3. The Labute approximate surface area is 118 Å². The highest BCUT2D eigenvalue weighted by atomic mass is 35.5. The second-order valence-corrected chi connectivity index (χ2v) is 5.63. The van der Waals surface area contributed by atoms with Gasteiger partial charge in [0.25, 0.3) is 0 Å². The lowest BCUT2D eigenvalue weighted by Crippen LogP contribution is -2.34. The summed E-state index contributed by atoms with van der Waals surface area (Å²) in [5.74, 6) is 0.675. The molecular weight excluding hydrogens is 256 g/mol. The summed E-state index contributed by atoms with van der Waals surface area (Å²) < 4.78 is 0. The number of benzene rings is 1. The van der Waals surface area contributed by atoms with Gasteiger partial charge in [-0.15, -0.1) is 0 Å². The molecule has 98 valence electrons. The van der Waals surface area contributed by atoms with Crippen LogP contribution in [0.5, 0.6) is 0 Å². The van der Waals surface area contributed by atoms with Crippen LogP contribution in [0.2, 0.25) is 5.02 Å². The van der Waals surface area contributed by atoms with Gasteiger partial charge in [-0.05, 0) is 42.9 Å². The second-order valence-electron chi connectivity index (χ2n) is 5.22. The quantitative estimate of drug-likeness (QED) is 0.896. The number of nitrogens with zero attached hydrogens (tertiary/aromatic N) is 1. The molecule has 0 spiro atoms. The van der Waals surface area contributed by atoms with Gasteiger partial charge in [-0.25, -0.2) is 0 Å². The van der Waals surface area contributed by atoms with Crippen LogP contribution in [-0.4, -0.2) is 11.0 Å². The maximum Gasteiger partial charge on any atom is 0.0718 e. The van der Waals surface area contributed by atoms with Gasteiger partial charge in [-0.1, -0.05) is 35.9 Å². The van der Waals surface area contributed by atoms with E-state index in [1.807, 2.05) is 6.07 Å². The highest BCUT2D eigenvalue weighted by molar-refractivity contribution is 6.33. The number of halogens is 1. The zero-order chi connectivity index (χ0) is 13.2. The molecule has 19 heavy (non-hydrogen) atoms. The zero-order valence-electron chi connectivity index (χ0n) is 10.9. The summed E-state index contributed by atoms with van der Waals surface area (Å²) in [6, 6.07) is 11.0. The monoisotopic (exact) mass is 272 g/mol. The average molecular weight is 273 g/mol. The third-order valence-corrected chi connectivity index (χ3v) is 4.22. The molecule has 3 heteroatoms. The number of aryl methyl sites for hydroxylation is 1. The van der Waals surface area contributed by atoms with Crippen molar-refractivity contribution in [3.8, 4) is 0 Å². The Morgan fingerprint density at radius 2 is 2.00 bits per heavy atom. The fraction of sp³-hybridized carbons (Fsp3) is 0.312. The number of aromatic nitrogens is 1. The van der Waals surface area contributed by atoms with Crippen molar-refractivity contribution in [3.05, 3.63) is 58.9 Å². The van der Waals surface area contributed by atoms with Crippen molar-refractivity contribution in [1.29, 1.82) is 0 Å². The van der Waals surface area contributed by atoms with Crippen LogP contribution in [0.25, 0.3) is 0 Å². The minimum Gasteiger partial charge on any atom is -0.380 e. The number of hydrogen-bond acceptors (Lipinski definition) is 2. The van der Waals surface area contributed by atoms with Crippen LogP contribution in [0.4, 0.5) is 5.69 Å². The summed E-state index contributed by atoms with van der Waals surface area (Å²) in [6.45, 7) is 2.19. The maximum atomic E-state index is 6.13. The summed E-state index contributed by atoms with van der Waals surface area (Å²) in [5.41, 5.74) is 3.82. The highest BCUT2D eigenvalue weighted by Crippen LogP contribution is 2.40. The van der Waals surface area contributed by atoms with Crippen molar-refractivity contribution in [2.45, 2.75) is 31.7 Å². The Balaban J connectivity index is 1.62. The summed E-state index contributed by atoms with van der Waals surface area (Å²) in [4.78, 5) is 4.10. The molecule has 1 aliphatic rings. The second kappa shape index (κ2) is 5.22. The highest BCUT2D eigenvalue weighted by Gasteiger charge is 2.31. The van der Waals surface area contributed by atoms with E-state index in [1.165, 1.54) is 11.1 Å². The Bertz CT molecular complexity index is 576. The first-order chi connectivity index (χ1) is 9.24. The Morgan fingerprint density at radius 1 is 1.21 bits per heavy atom. The van der Waals surface area contributed by atoms with Crippen LogP contribution >= 0.6 is 11.6 Å². The molecule has 0 unspecified atom stereocenters. The fourth-order valence-electron chi connectivity index (χ4n) is 2.74. The number of nitrogens with one attached hydrogen (secondary N) is 1. The molecule has 0 saturated heterocycles. The molecule has 1 aliphatic carbocycles. The molecule has 3 rings (SSSR count). The lowest BCUT2D eigenvalue weighted by molar-refractivity contribution is 0.373. The largest absolute Gasteiger partial charge is 0.380 e. The molecule has 2 aromatic rings. The molecule has 0 atom stereocenters. The first kappa shape index (κ1) is 12.5. The first-order valence-corrected chi connectivity index (χ1v) is 7.03. The van der Waals surface area contributed by atoms with Crippen LogP contribution in [0.15, 0.2) is 42.7 Å². The van der Waals surface area contributed by atoms with Crippen molar-refractivity contribution in [1.82, 2.24) is 4.98 Å². The minimum atomic E-state index is 0.506. The van der Waals surface area contributed by atoms with Crippen molar-refractivity contribution >= 4 is 17.3 Å². The van der Waals surface area contributed by atoms with Gasteiger partial charge in [-0.3, -0.25) is 4.98 Å². The summed E-state index contributed by atoms with van der Waals surface area (Å²) in [5, 5.41) is 4.22. The predicted octanol–water partition coefficient (Wildman–Crippen LogP) is 4.40. The molecule has 2 nitrogen and oxygen atoms in total. The Morgan fingerprint density at radius 3 is 2.74 bits per heavy atom. The van der Waals surface area contributed by atoms with E-state index in [-0.39, 0.29) is 0 Å². The molecule has 1 N–H and O–H groups in total. The fourth-order valence-corrected chi connectivity index (χ4v) is 2.90.